The second kappa shape index (κ2) is 6.52. The Morgan fingerprint density at radius 2 is 1.76 bits per heavy atom. The topological polar surface area (TPSA) is 111 Å². The first-order chi connectivity index (χ1) is 12.0. The quantitative estimate of drug-likeness (QED) is 0.546. The van der Waals surface area contributed by atoms with Crippen LogP contribution < -0.4 is 5.32 Å². The minimum atomic E-state index is -0.641. The fourth-order valence-corrected chi connectivity index (χ4v) is 2.72. The number of rotatable bonds is 5. The molecule has 0 aliphatic rings. The van der Waals surface area contributed by atoms with Crippen LogP contribution >= 0.6 is 0 Å². The second-order valence-corrected chi connectivity index (χ2v) is 5.34. The van der Waals surface area contributed by atoms with Crippen LogP contribution in [0.1, 0.15) is 12.5 Å². The summed E-state index contributed by atoms with van der Waals surface area (Å²) in [6.45, 7) is 1.97. The van der Waals surface area contributed by atoms with E-state index in [9.17, 15) is 20.2 Å². The maximum absolute atomic E-state index is 11.5. The Kier molecular flexibility index (Phi) is 4.25. The third-order valence-corrected chi connectivity index (χ3v) is 3.90. The highest BCUT2D eigenvalue weighted by Crippen LogP contribution is 2.40. The molecule has 126 valence electrons. The van der Waals surface area contributed by atoms with Crippen LogP contribution in [0.25, 0.3) is 10.9 Å². The van der Waals surface area contributed by atoms with E-state index in [2.05, 4.69) is 10.3 Å². The molecule has 0 spiro atoms. The number of anilines is 2. The zero-order chi connectivity index (χ0) is 18.0. The molecule has 0 atom stereocenters. The lowest BCUT2D eigenvalue weighted by Gasteiger charge is -2.13. The van der Waals surface area contributed by atoms with Gasteiger partial charge in [0.1, 0.15) is 11.2 Å². The Hall–Kier alpha value is -3.55. The Balaban J connectivity index is 2.30. The Bertz CT molecular complexity index is 988. The van der Waals surface area contributed by atoms with Crippen molar-refractivity contribution in [1.29, 1.82) is 0 Å². The second-order valence-electron chi connectivity index (χ2n) is 5.34. The summed E-state index contributed by atoms with van der Waals surface area (Å²) in [7, 11) is 0. The van der Waals surface area contributed by atoms with E-state index in [4.69, 9.17) is 0 Å². The summed E-state index contributed by atoms with van der Waals surface area (Å²) in [4.78, 5) is 25.7. The summed E-state index contributed by atoms with van der Waals surface area (Å²) < 4.78 is 0. The summed E-state index contributed by atoms with van der Waals surface area (Å²) in [6, 6.07) is 11.5. The molecule has 0 saturated carbocycles. The first-order valence-corrected chi connectivity index (χ1v) is 7.58. The minimum Gasteiger partial charge on any atom is -0.348 e. The van der Waals surface area contributed by atoms with Crippen LogP contribution in [0.5, 0.6) is 0 Å². The summed E-state index contributed by atoms with van der Waals surface area (Å²) in [5, 5.41) is 26.1. The first-order valence-electron chi connectivity index (χ1n) is 7.58. The molecule has 25 heavy (non-hydrogen) atoms. The van der Waals surface area contributed by atoms with Crippen molar-refractivity contribution in [3.05, 3.63) is 74.5 Å². The van der Waals surface area contributed by atoms with Crippen LogP contribution in [0.15, 0.2) is 48.7 Å². The SMILES string of the molecule is CCc1ccccc1Nc1c([N+](=O)[O-])cc([N+](=O)[O-])c2cccnc12. The fourth-order valence-electron chi connectivity index (χ4n) is 2.72. The van der Waals surface area contributed by atoms with Crippen LogP contribution in [0.2, 0.25) is 0 Å². The molecule has 0 radical (unpaired) electrons. The third-order valence-electron chi connectivity index (χ3n) is 3.90. The number of fused-ring (bicyclic) bond motifs is 1. The highest BCUT2D eigenvalue weighted by atomic mass is 16.6. The molecule has 0 fully saturated rings. The molecule has 8 nitrogen and oxygen atoms in total. The summed E-state index contributed by atoms with van der Waals surface area (Å²) in [5.74, 6) is 0. The predicted octanol–water partition coefficient (Wildman–Crippen LogP) is 4.36. The molecular weight excluding hydrogens is 324 g/mol. The van der Waals surface area contributed by atoms with Gasteiger partial charge < -0.3 is 5.32 Å². The molecule has 2 aromatic carbocycles. The van der Waals surface area contributed by atoms with Gasteiger partial charge in [0.2, 0.25) is 0 Å². The molecule has 0 aliphatic carbocycles. The van der Waals surface area contributed by atoms with Gasteiger partial charge in [0.05, 0.1) is 21.3 Å². The number of nitrogens with zero attached hydrogens (tertiary/aromatic N) is 3. The normalized spacial score (nSPS) is 10.6. The Morgan fingerprint density at radius 3 is 2.44 bits per heavy atom. The maximum Gasteiger partial charge on any atom is 0.301 e. The van der Waals surface area contributed by atoms with E-state index in [0.29, 0.717) is 5.69 Å². The number of hydrogen-bond donors (Lipinski definition) is 1. The van der Waals surface area contributed by atoms with Gasteiger partial charge in [0.15, 0.2) is 0 Å². The number of para-hydroxylation sites is 1. The molecular formula is C17H14N4O4. The first kappa shape index (κ1) is 16.3. The lowest BCUT2D eigenvalue weighted by Crippen LogP contribution is -2.03. The average molecular weight is 338 g/mol. The molecule has 1 N–H and O–H groups in total. The largest absolute Gasteiger partial charge is 0.348 e. The molecule has 0 aliphatic heterocycles. The molecule has 0 unspecified atom stereocenters. The number of aromatic nitrogens is 1. The maximum atomic E-state index is 11.5. The average Bonchev–Trinajstić information content (AvgIpc) is 2.61. The third kappa shape index (κ3) is 2.97. The summed E-state index contributed by atoms with van der Waals surface area (Å²) >= 11 is 0. The number of benzene rings is 2. The number of nitro benzene ring substituents is 2. The van der Waals surface area contributed by atoms with Crippen molar-refractivity contribution in [3.8, 4) is 0 Å². The van der Waals surface area contributed by atoms with E-state index >= 15 is 0 Å². The van der Waals surface area contributed by atoms with Gasteiger partial charge >= 0.3 is 5.69 Å². The number of non-ortho nitro benzene ring substituents is 1. The van der Waals surface area contributed by atoms with Crippen molar-refractivity contribution in [2.24, 2.45) is 0 Å². The smallest absolute Gasteiger partial charge is 0.301 e. The van der Waals surface area contributed by atoms with E-state index in [1.807, 2.05) is 25.1 Å². The number of aryl methyl sites for hydroxylation is 1. The molecule has 0 bridgehead atoms. The zero-order valence-electron chi connectivity index (χ0n) is 13.3. The molecule has 3 rings (SSSR count). The van der Waals surface area contributed by atoms with Gasteiger partial charge in [-0.2, -0.15) is 0 Å². The Labute approximate surface area is 142 Å². The van der Waals surface area contributed by atoms with Gasteiger partial charge in [0, 0.05) is 11.9 Å². The molecule has 3 aromatic rings. The summed E-state index contributed by atoms with van der Waals surface area (Å²) in [6.07, 6.45) is 2.18. The fraction of sp³-hybridized carbons (Fsp3) is 0.118. The van der Waals surface area contributed by atoms with E-state index in [0.717, 1.165) is 18.1 Å². The van der Waals surface area contributed by atoms with Crippen molar-refractivity contribution >= 4 is 33.7 Å². The van der Waals surface area contributed by atoms with Gasteiger partial charge in [-0.3, -0.25) is 25.2 Å². The van der Waals surface area contributed by atoms with Gasteiger partial charge in [0.25, 0.3) is 5.69 Å². The predicted molar refractivity (Wildman–Crippen MR) is 94.2 cm³/mol. The number of pyridine rings is 1. The standard InChI is InChI=1S/C17H14N4O4/c1-2-11-6-3-4-8-13(11)19-17-15(21(24)25)10-14(20(22)23)12-7-5-9-18-16(12)17/h3-10,19H,2H2,1H3. The van der Waals surface area contributed by atoms with Crippen molar-refractivity contribution in [2.75, 3.05) is 5.32 Å². The molecule has 8 heteroatoms. The molecule has 1 heterocycles. The lowest BCUT2D eigenvalue weighted by molar-refractivity contribution is -0.392. The number of hydrogen-bond acceptors (Lipinski definition) is 6. The molecule has 1 aromatic heterocycles. The van der Waals surface area contributed by atoms with E-state index in [1.54, 1.807) is 12.1 Å². The molecule has 0 saturated heterocycles. The number of nitrogens with one attached hydrogen (secondary N) is 1. The van der Waals surface area contributed by atoms with E-state index in [-0.39, 0.29) is 28.0 Å². The van der Waals surface area contributed by atoms with Crippen molar-refractivity contribution in [2.45, 2.75) is 13.3 Å². The Morgan fingerprint density at radius 1 is 1.04 bits per heavy atom. The van der Waals surface area contributed by atoms with Crippen LogP contribution in [0.3, 0.4) is 0 Å². The van der Waals surface area contributed by atoms with Crippen molar-refractivity contribution in [3.63, 3.8) is 0 Å². The van der Waals surface area contributed by atoms with E-state index in [1.165, 1.54) is 12.3 Å². The van der Waals surface area contributed by atoms with Crippen LogP contribution in [0, 0.1) is 20.2 Å². The van der Waals surface area contributed by atoms with Crippen LogP contribution in [0.4, 0.5) is 22.7 Å². The van der Waals surface area contributed by atoms with Crippen molar-refractivity contribution in [1.82, 2.24) is 4.98 Å². The lowest BCUT2D eigenvalue weighted by atomic mass is 10.1. The van der Waals surface area contributed by atoms with Crippen LogP contribution in [-0.4, -0.2) is 14.8 Å². The highest BCUT2D eigenvalue weighted by Gasteiger charge is 2.26. The van der Waals surface area contributed by atoms with Crippen molar-refractivity contribution < 1.29 is 9.85 Å². The summed E-state index contributed by atoms with van der Waals surface area (Å²) in [5.41, 5.74) is 1.28. The van der Waals surface area contributed by atoms with Gasteiger partial charge in [-0.1, -0.05) is 25.1 Å². The van der Waals surface area contributed by atoms with Gasteiger partial charge in [-0.05, 0) is 30.2 Å². The van der Waals surface area contributed by atoms with Crippen LogP contribution in [-0.2, 0) is 6.42 Å². The highest BCUT2D eigenvalue weighted by molar-refractivity contribution is 6.02. The monoisotopic (exact) mass is 338 g/mol. The molecule has 0 amide bonds. The number of nitro groups is 2. The minimum absolute atomic E-state index is 0.145. The van der Waals surface area contributed by atoms with Gasteiger partial charge in [-0.25, -0.2) is 0 Å². The van der Waals surface area contributed by atoms with E-state index < -0.39 is 9.85 Å². The zero-order valence-corrected chi connectivity index (χ0v) is 13.3. The van der Waals surface area contributed by atoms with Gasteiger partial charge in [-0.15, -0.1) is 0 Å².